The number of benzene rings is 1. The Labute approximate surface area is 152 Å². The third-order valence-corrected chi connectivity index (χ3v) is 4.62. The van der Waals surface area contributed by atoms with Crippen molar-refractivity contribution < 1.29 is 13.9 Å². The normalized spacial score (nSPS) is 12.2. The van der Waals surface area contributed by atoms with Crippen LogP contribution in [0.1, 0.15) is 13.3 Å². The van der Waals surface area contributed by atoms with Gasteiger partial charge in [0.15, 0.2) is 5.16 Å². The van der Waals surface area contributed by atoms with E-state index in [4.69, 9.17) is 16.3 Å². The Morgan fingerprint density at radius 1 is 1.56 bits per heavy atom. The Balaban J connectivity index is 2.02. The summed E-state index contributed by atoms with van der Waals surface area (Å²) >= 11 is 6.79. The maximum Gasteiger partial charge on any atom is 0.343 e. The number of H-pyrrole nitrogens is 1. The fraction of sp³-hybridized carbons (Fsp3) is 0.400. The summed E-state index contributed by atoms with van der Waals surface area (Å²) in [6, 6.07) is 4.00. The van der Waals surface area contributed by atoms with Crippen LogP contribution in [0.4, 0.5) is 10.1 Å². The molecule has 0 bridgehead atoms. The zero-order valence-corrected chi connectivity index (χ0v) is 15.3. The van der Waals surface area contributed by atoms with Crippen LogP contribution in [0.5, 0.6) is 0 Å². The largest absolute Gasteiger partial charge is 0.385 e. The van der Waals surface area contributed by atoms with Crippen LogP contribution in [0, 0.1) is 5.82 Å². The van der Waals surface area contributed by atoms with Gasteiger partial charge >= 0.3 is 5.69 Å². The molecule has 0 radical (unpaired) electrons. The molecule has 1 unspecified atom stereocenters. The third kappa shape index (κ3) is 5.32. The highest BCUT2D eigenvalue weighted by molar-refractivity contribution is 8.00. The Hall–Kier alpha value is -1.84. The first-order valence-electron chi connectivity index (χ1n) is 7.49. The first kappa shape index (κ1) is 19.5. The number of hydrogen-bond acceptors (Lipinski definition) is 5. The maximum absolute atomic E-state index is 13.8. The molecule has 0 saturated heterocycles. The molecule has 2 N–H and O–H groups in total. The molecular formula is C15H18ClFN4O3S. The van der Waals surface area contributed by atoms with E-state index in [1.165, 1.54) is 16.7 Å². The number of carbonyl (C=O) groups excluding carboxylic acids is 1. The van der Waals surface area contributed by atoms with Crippen molar-refractivity contribution in [3.63, 3.8) is 0 Å². The lowest BCUT2D eigenvalue weighted by atomic mass is 10.3. The highest BCUT2D eigenvalue weighted by atomic mass is 35.5. The van der Waals surface area contributed by atoms with Crippen molar-refractivity contribution in [3.8, 4) is 0 Å². The molecule has 25 heavy (non-hydrogen) atoms. The predicted molar refractivity (Wildman–Crippen MR) is 94.7 cm³/mol. The van der Waals surface area contributed by atoms with Crippen LogP contribution in [-0.2, 0) is 16.1 Å². The number of carbonyl (C=O) groups is 1. The number of methoxy groups -OCH3 is 1. The third-order valence-electron chi connectivity index (χ3n) is 3.29. The van der Waals surface area contributed by atoms with Gasteiger partial charge in [0.05, 0.1) is 10.9 Å². The fourth-order valence-electron chi connectivity index (χ4n) is 1.99. The minimum absolute atomic E-state index is 0.0429. The lowest BCUT2D eigenvalue weighted by Gasteiger charge is -2.12. The minimum Gasteiger partial charge on any atom is -0.385 e. The monoisotopic (exact) mass is 388 g/mol. The topological polar surface area (TPSA) is 89.0 Å². The zero-order chi connectivity index (χ0) is 18.4. The van der Waals surface area contributed by atoms with Gasteiger partial charge in [0.25, 0.3) is 0 Å². The van der Waals surface area contributed by atoms with Gasteiger partial charge in [-0.25, -0.2) is 14.3 Å². The number of thioether (sulfide) groups is 1. The second kappa shape index (κ2) is 9.02. The summed E-state index contributed by atoms with van der Waals surface area (Å²) < 4.78 is 20.2. The molecule has 1 heterocycles. The summed E-state index contributed by atoms with van der Waals surface area (Å²) in [5, 5.41) is 8.83. The second-order valence-electron chi connectivity index (χ2n) is 5.18. The van der Waals surface area contributed by atoms with E-state index in [1.807, 2.05) is 0 Å². The SMILES string of the molecule is COCCCn1c(SC(C)C(=O)Nc2ccc(Cl)cc2F)n[nH]c1=O. The van der Waals surface area contributed by atoms with Crippen molar-refractivity contribution in [3.05, 3.63) is 39.5 Å². The molecule has 136 valence electrons. The second-order valence-corrected chi connectivity index (χ2v) is 6.93. The van der Waals surface area contributed by atoms with Gasteiger partial charge in [-0.2, -0.15) is 0 Å². The predicted octanol–water partition coefficient (Wildman–Crippen LogP) is 2.52. The molecule has 1 aromatic carbocycles. The van der Waals surface area contributed by atoms with Crippen molar-refractivity contribution in [2.75, 3.05) is 19.0 Å². The lowest BCUT2D eigenvalue weighted by molar-refractivity contribution is -0.115. The molecule has 2 aromatic rings. The van der Waals surface area contributed by atoms with Gasteiger partial charge in [-0.3, -0.25) is 9.36 Å². The Bertz CT molecular complexity index is 795. The highest BCUT2D eigenvalue weighted by Crippen LogP contribution is 2.23. The summed E-state index contributed by atoms with van der Waals surface area (Å²) in [5.74, 6) is -1.03. The van der Waals surface area contributed by atoms with Crippen molar-refractivity contribution in [1.82, 2.24) is 14.8 Å². The summed E-state index contributed by atoms with van der Waals surface area (Å²) in [6.45, 7) is 2.58. The zero-order valence-electron chi connectivity index (χ0n) is 13.7. The van der Waals surface area contributed by atoms with Crippen LogP contribution in [0.2, 0.25) is 5.02 Å². The van der Waals surface area contributed by atoms with Gasteiger partial charge in [0.2, 0.25) is 5.91 Å². The number of aromatic nitrogens is 3. The Kier molecular flexibility index (Phi) is 7.03. The molecule has 1 aromatic heterocycles. The van der Waals surface area contributed by atoms with Gasteiger partial charge in [-0.15, -0.1) is 5.10 Å². The average Bonchev–Trinajstić information content (AvgIpc) is 2.90. The summed E-state index contributed by atoms with van der Waals surface area (Å²) in [5.41, 5.74) is -0.309. The molecule has 2 rings (SSSR count). The first-order valence-corrected chi connectivity index (χ1v) is 8.75. The number of halogens is 2. The molecule has 0 aliphatic heterocycles. The van der Waals surface area contributed by atoms with E-state index < -0.39 is 17.0 Å². The van der Waals surface area contributed by atoms with Crippen LogP contribution in [0.15, 0.2) is 28.2 Å². The summed E-state index contributed by atoms with van der Waals surface area (Å²) in [4.78, 5) is 24.0. The minimum atomic E-state index is -0.616. The van der Waals surface area contributed by atoms with Gasteiger partial charge in [0.1, 0.15) is 5.82 Å². The molecule has 0 aliphatic rings. The molecule has 7 nitrogen and oxygen atoms in total. The highest BCUT2D eigenvalue weighted by Gasteiger charge is 2.20. The number of rotatable bonds is 8. The van der Waals surface area contributed by atoms with Crippen molar-refractivity contribution in [2.24, 2.45) is 0 Å². The number of nitrogens with zero attached hydrogens (tertiary/aromatic N) is 2. The maximum atomic E-state index is 13.8. The molecule has 0 spiro atoms. The Morgan fingerprint density at radius 3 is 3.00 bits per heavy atom. The molecule has 0 fully saturated rings. The number of aromatic amines is 1. The standard InChI is InChI=1S/C15H18ClFN4O3S/c1-9(13(22)18-12-5-4-10(16)8-11(12)17)25-15-20-19-14(23)21(15)6-3-7-24-2/h4-5,8-9H,3,6-7H2,1-2H3,(H,18,22)(H,19,23). The molecular weight excluding hydrogens is 371 g/mol. The number of nitrogens with one attached hydrogen (secondary N) is 2. The van der Waals surface area contributed by atoms with E-state index >= 15 is 0 Å². The number of amides is 1. The molecule has 0 saturated carbocycles. The Morgan fingerprint density at radius 2 is 2.32 bits per heavy atom. The van der Waals surface area contributed by atoms with Crippen molar-refractivity contribution >= 4 is 35.0 Å². The van der Waals surface area contributed by atoms with Gasteiger partial charge < -0.3 is 10.1 Å². The van der Waals surface area contributed by atoms with E-state index in [0.717, 1.165) is 17.8 Å². The van der Waals surface area contributed by atoms with Crippen LogP contribution >= 0.6 is 23.4 Å². The van der Waals surface area contributed by atoms with Gasteiger partial charge in [0, 0.05) is 25.3 Å². The van der Waals surface area contributed by atoms with Crippen LogP contribution in [0.3, 0.4) is 0 Å². The quantitative estimate of drug-likeness (QED) is 0.535. The molecule has 1 amide bonds. The molecule has 10 heteroatoms. The van der Waals surface area contributed by atoms with Crippen LogP contribution < -0.4 is 11.0 Å². The van der Waals surface area contributed by atoms with Crippen molar-refractivity contribution in [2.45, 2.75) is 30.3 Å². The number of hydrogen-bond donors (Lipinski definition) is 2. The first-order chi connectivity index (χ1) is 11.9. The van der Waals surface area contributed by atoms with E-state index in [9.17, 15) is 14.0 Å². The molecule has 1 atom stereocenters. The summed E-state index contributed by atoms with van der Waals surface area (Å²) in [7, 11) is 1.58. The fourth-order valence-corrected chi connectivity index (χ4v) is 3.03. The van der Waals surface area contributed by atoms with E-state index in [-0.39, 0.29) is 16.4 Å². The number of ether oxygens (including phenoxy) is 1. The summed E-state index contributed by atoms with van der Waals surface area (Å²) in [6.07, 6.45) is 0.639. The average molecular weight is 389 g/mol. The van der Waals surface area contributed by atoms with Gasteiger partial charge in [-0.1, -0.05) is 23.4 Å². The van der Waals surface area contributed by atoms with E-state index in [0.29, 0.717) is 24.7 Å². The van der Waals surface area contributed by atoms with Crippen LogP contribution in [0.25, 0.3) is 0 Å². The van der Waals surface area contributed by atoms with Crippen LogP contribution in [-0.4, -0.2) is 39.6 Å². The molecule has 0 aliphatic carbocycles. The smallest absolute Gasteiger partial charge is 0.343 e. The number of anilines is 1. The van der Waals surface area contributed by atoms with E-state index in [2.05, 4.69) is 15.5 Å². The lowest BCUT2D eigenvalue weighted by Crippen LogP contribution is -2.24. The van der Waals surface area contributed by atoms with E-state index in [1.54, 1.807) is 14.0 Å². The van der Waals surface area contributed by atoms with Gasteiger partial charge in [-0.05, 0) is 31.5 Å². The van der Waals surface area contributed by atoms with Crippen molar-refractivity contribution in [1.29, 1.82) is 0 Å².